The van der Waals surface area contributed by atoms with Crippen LogP contribution in [0.3, 0.4) is 0 Å². The van der Waals surface area contributed by atoms with Gasteiger partial charge in [-0.2, -0.15) is 22.7 Å². The van der Waals surface area contributed by atoms with E-state index < -0.39 is 35.5 Å². The van der Waals surface area contributed by atoms with Crippen LogP contribution in [0.1, 0.15) is 66.8 Å². The fourth-order valence-corrected chi connectivity index (χ4v) is 6.60. The van der Waals surface area contributed by atoms with Gasteiger partial charge >= 0.3 is 11.8 Å². The highest BCUT2D eigenvalue weighted by atomic mass is 19.3. The quantitative estimate of drug-likeness (QED) is 0.0915. The summed E-state index contributed by atoms with van der Waals surface area (Å²) in [4.78, 5) is 54.7. The van der Waals surface area contributed by atoms with Crippen molar-refractivity contribution in [3.63, 3.8) is 0 Å². The number of benzene rings is 3. The van der Waals surface area contributed by atoms with Crippen LogP contribution >= 0.6 is 0 Å². The van der Waals surface area contributed by atoms with E-state index >= 15 is 0 Å². The molecule has 1 heterocycles. The average molecular weight is 779 g/mol. The Balaban J connectivity index is 1.31. The number of rotatable bonds is 14. The van der Waals surface area contributed by atoms with Crippen molar-refractivity contribution in [1.82, 2.24) is 31.1 Å². The molecule has 1 aliphatic carbocycles. The molecule has 298 valence electrons. The van der Waals surface area contributed by atoms with Crippen molar-refractivity contribution in [2.45, 2.75) is 76.8 Å². The van der Waals surface area contributed by atoms with Crippen molar-refractivity contribution >= 4 is 29.3 Å². The van der Waals surface area contributed by atoms with Crippen LogP contribution in [0.5, 0.6) is 0 Å². The van der Waals surface area contributed by atoms with Gasteiger partial charge in [-0.1, -0.05) is 30.3 Å². The summed E-state index contributed by atoms with van der Waals surface area (Å²) in [6.07, 6.45) is 3.13. The monoisotopic (exact) mass is 778 g/mol. The first-order valence-electron chi connectivity index (χ1n) is 18.4. The lowest BCUT2D eigenvalue weighted by Crippen LogP contribution is -2.50. The molecule has 1 saturated carbocycles. The molecule has 1 aromatic heterocycles. The first-order chi connectivity index (χ1) is 26.5. The Hall–Kier alpha value is -5.64. The van der Waals surface area contributed by atoms with Gasteiger partial charge in [-0.25, -0.2) is 4.98 Å². The maximum absolute atomic E-state index is 14.5. The van der Waals surface area contributed by atoms with Crippen LogP contribution in [-0.2, 0) is 26.7 Å². The number of alkyl halides is 4. The first-order valence-corrected chi connectivity index (χ1v) is 18.4. The summed E-state index contributed by atoms with van der Waals surface area (Å²) in [5, 5.41) is 15.5. The largest absolute Gasteiger partial charge is 0.393 e. The number of halogens is 4. The zero-order chi connectivity index (χ0) is 40.8. The number of hydrogen-bond donors (Lipinski definition) is 6. The van der Waals surface area contributed by atoms with E-state index in [1.54, 1.807) is 11.2 Å². The number of nitrogens with one attached hydrogen (secondary N) is 5. The molecule has 1 atom stereocenters. The summed E-state index contributed by atoms with van der Waals surface area (Å²) in [5.74, 6) is -14.9. The lowest BCUT2D eigenvalue weighted by Gasteiger charge is -2.28. The normalized spacial score (nSPS) is 16.5. The van der Waals surface area contributed by atoms with Crippen molar-refractivity contribution in [3.05, 3.63) is 89.2 Å². The number of anilines is 1. The van der Waals surface area contributed by atoms with Crippen LogP contribution in [0.4, 0.5) is 23.2 Å². The number of nitrogens with zero attached hydrogens (tertiary/aromatic N) is 2. The topological polar surface area (TPSA) is 184 Å². The minimum absolute atomic E-state index is 0.00740. The van der Waals surface area contributed by atoms with Gasteiger partial charge < -0.3 is 27.0 Å². The highest BCUT2D eigenvalue weighted by Gasteiger charge is 2.65. The van der Waals surface area contributed by atoms with Crippen LogP contribution in [0.15, 0.2) is 66.7 Å². The van der Waals surface area contributed by atoms with Gasteiger partial charge in [0.1, 0.15) is 6.04 Å². The summed E-state index contributed by atoms with van der Waals surface area (Å²) in [7, 11) is 0.806. The van der Waals surface area contributed by atoms with Crippen molar-refractivity contribution in [2.75, 3.05) is 18.9 Å². The summed E-state index contributed by atoms with van der Waals surface area (Å²) in [6, 6.07) is 17.8. The Morgan fingerprint density at radius 2 is 1.54 bits per heavy atom. The van der Waals surface area contributed by atoms with E-state index in [0.717, 1.165) is 42.1 Å². The maximum atomic E-state index is 14.5. The Kier molecular flexibility index (Phi) is 12.9. The summed E-state index contributed by atoms with van der Waals surface area (Å²) in [5.41, 5.74) is 10.4. The van der Waals surface area contributed by atoms with Crippen LogP contribution < -0.4 is 27.0 Å². The van der Waals surface area contributed by atoms with Crippen LogP contribution in [-0.4, -0.2) is 70.4 Å². The highest BCUT2D eigenvalue weighted by Crippen LogP contribution is 2.42. The zero-order valence-electron chi connectivity index (χ0n) is 31.5. The predicted octanol–water partition coefficient (Wildman–Crippen LogP) is 5.49. The number of nitrogens with two attached hydrogens (primary N) is 1. The van der Waals surface area contributed by atoms with Crippen LogP contribution in [0.25, 0.3) is 22.5 Å². The fourth-order valence-electron chi connectivity index (χ4n) is 6.60. The standard InChI is InChI=1S/C40H46F4N8O4/c1-22(2)47-35(54)29-15-18-31(23(3)19-29)26-9-5-24(6-10-26)20-32(49-34(53)28-11-7-25(21-45)8-12-28)36(55)48-30-16-13-27(14-17-30)33-50-37(52-51-33)39(41,42)40(43,44)38(56)46-4/h5-6,9-10,13-19,22,25,28,32H,7-8,11-12,20-21,45H2,1-4H3,(H,46,56)(H,47,54)(H,48,55)(H,49,53)(H,50,51,52). The molecule has 1 unspecified atom stereocenters. The number of hydrogen-bond acceptors (Lipinski definition) is 7. The number of amides is 4. The van der Waals surface area contributed by atoms with Gasteiger partial charge in [-0.15, -0.1) is 0 Å². The van der Waals surface area contributed by atoms with E-state index in [9.17, 15) is 36.7 Å². The Morgan fingerprint density at radius 3 is 2.12 bits per heavy atom. The Labute approximate surface area is 321 Å². The molecule has 16 heteroatoms. The van der Waals surface area contributed by atoms with Gasteiger partial charge in [-0.05, 0) is 118 Å². The Morgan fingerprint density at radius 1 is 0.893 bits per heavy atom. The summed E-state index contributed by atoms with van der Waals surface area (Å²) < 4.78 is 57.3. The molecule has 0 saturated heterocycles. The lowest BCUT2D eigenvalue weighted by atomic mass is 9.81. The van der Waals surface area contributed by atoms with E-state index in [0.29, 0.717) is 36.6 Å². The molecule has 12 nitrogen and oxygen atoms in total. The third-order valence-electron chi connectivity index (χ3n) is 9.90. The number of aromatic amines is 1. The second-order valence-corrected chi connectivity index (χ2v) is 14.4. The molecule has 5 rings (SSSR count). The van der Waals surface area contributed by atoms with Crippen molar-refractivity contribution in [1.29, 1.82) is 0 Å². The van der Waals surface area contributed by atoms with Crippen molar-refractivity contribution < 1.29 is 36.7 Å². The third-order valence-corrected chi connectivity index (χ3v) is 9.90. The highest BCUT2D eigenvalue weighted by molar-refractivity contribution is 5.98. The molecule has 4 aromatic rings. The SMILES string of the molecule is CNC(=O)C(F)(F)C(F)(F)c1nc(-c2ccc(NC(=O)C(Cc3ccc(-c4ccc(C(=O)NC(C)C)cc4C)cc3)NC(=O)C3CCC(CN)CC3)cc2)n[nH]1. The summed E-state index contributed by atoms with van der Waals surface area (Å²) >= 11 is 0. The molecule has 3 aromatic carbocycles. The minimum Gasteiger partial charge on any atom is -0.354 e. The second-order valence-electron chi connectivity index (χ2n) is 14.4. The predicted molar refractivity (Wildman–Crippen MR) is 203 cm³/mol. The zero-order valence-corrected chi connectivity index (χ0v) is 31.5. The molecular weight excluding hydrogens is 732 g/mol. The molecular formula is C40H46F4N8O4. The number of aromatic nitrogens is 3. The minimum atomic E-state index is -5.09. The number of H-pyrrole nitrogens is 1. The number of carbonyl (C=O) groups is 4. The maximum Gasteiger partial charge on any atom is 0.393 e. The molecule has 56 heavy (non-hydrogen) atoms. The van der Waals surface area contributed by atoms with E-state index in [1.807, 2.05) is 57.2 Å². The van der Waals surface area contributed by atoms with Gasteiger partial charge in [0.2, 0.25) is 17.6 Å². The van der Waals surface area contributed by atoms with Crippen LogP contribution in [0.2, 0.25) is 0 Å². The number of carbonyl (C=O) groups excluding carboxylic acids is 4. The molecule has 0 aliphatic heterocycles. The molecule has 4 amide bonds. The van der Waals surface area contributed by atoms with Gasteiger partial charge in [0, 0.05) is 42.2 Å². The average Bonchev–Trinajstić information content (AvgIpc) is 3.69. The molecule has 0 radical (unpaired) electrons. The lowest BCUT2D eigenvalue weighted by molar-refractivity contribution is -0.218. The van der Waals surface area contributed by atoms with Gasteiger partial charge in [-0.3, -0.25) is 24.3 Å². The van der Waals surface area contributed by atoms with Crippen LogP contribution in [0, 0.1) is 18.8 Å². The Bertz CT molecular complexity index is 2030. The smallest absolute Gasteiger partial charge is 0.354 e. The van der Waals surface area contributed by atoms with Gasteiger partial charge in [0.25, 0.3) is 11.8 Å². The first kappa shape index (κ1) is 41.5. The third kappa shape index (κ3) is 9.41. The molecule has 1 fully saturated rings. The fraction of sp³-hybridized carbons (Fsp3) is 0.400. The molecule has 1 aliphatic rings. The van der Waals surface area contributed by atoms with Crippen molar-refractivity contribution in [2.24, 2.45) is 17.6 Å². The van der Waals surface area contributed by atoms with Gasteiger partial charge in [0.05, 0.1) is 0 Å². The second kappa shape index (κ2) is 17.4. The van der Waals surface area contributed by atoms with Crippen molar-refractivity contribution in [3.8, 4) is 22.5 Å². The van der Waals surface area contributed by atoms with E-state index in [1.165, 1.54) is 29.6 Å². The van der Waals surface area contributed by atoms with E-state index in [2.05, 4.69) is 26.0 Å². The molecule has 0 bridgehead atoms. The van der Waals surface area contributed by atoms with E-state index in [4.69, 9.17) is 5.73 Å². The van der Waals surface area contributed by atoms with E-state index in [-0.39, 0.29) is 41.6 Å². The molecule has 0 spiro atoms. The number of aryl methyl sites for hydroxylation is 1. The summed E-state index contributed by atoms with van der Waals surface area (Å²) in [6.45, 7) is 6.28. The van der Waals surface area contributed by atoms with Gasteiger partial charge in [0.15, 0.2) is 5.82 Å². The molecule has 7 N–H and O–H groups in total.